The third-order valence-corrected chi connectivity index (χ3v) is 7.48. The molecule has 1 N–H and O–H groups in total. The normalized spacial score (nSPS) is 12.1. The first-order chi connectivity index (χ1) is 16.8. The van der Waals surface area contributed by atoms with Crippen LogP contribution in [0.25, 0.3) is 10.2 Å². The van der Waals surface area contributed by atoms with E-state index in [1.165, 1.54) is 11.3 Å². The van der Waals surface area contributed by atoms with E-state index < -0.39 is 0 Å². The predicted molar refractivity (Wildman–Crippen MR) is 139 cm³/mol. The molecule has 0 aliphatic heterocycles. The summed E-state index contributed by atoms with van der Waals surface area (Å²) < 4.78 is 3.53. The molecule has 184 valence electrons. The fraction of sp³-hybridized carbons (Fsp3) is 0.385. The Morgan fingerprint density at radius 1 is 1.14 bits per heavy atom. The fourth-order valence-electron chi connectivity index (χ4n) is 4.38. The summed E-state index contributed by atoms with van der Waals surface area (Å²) in [5, 5.41) is 12.8. The minimum atomic E-state index is -0.146. The lowest BCUT2D eigenvalue weighted by molar-refractivity contribution is 0.0727. The Balaban J connectivity index is 1.49. The van der Waals surface area contributed by atoms with Crippen LogP contribution in [0, 0.1) is 13.8 Å². The van der Waals surface area contributed by atoms with Gasteiger partial charge in [0.2, 0.25) is 0 Å². The largest absolute Gasteiger partial charge is 0.351 e. The number of carbonyl (C=O) groups is 2. The van der Waals surface area contributed by atoms with Crippen molar-refractivity contribution in [2.75, 3.05) is 13.6 Å². The van der Waals surface area contributed by atoms with E-state index in [9.17, 15) is 9.59 Å². The van der Waals surface area contributed by atoms with E-state index in [0.717, 1.165) is 27.2 Å². The molecule has 0 saturated carbocycles. The van der Waals surface area contributed by atoms with E-state index in [4.69, 9.17) is 0 Å². The van der Waals surface area contributed by atoms with Crippen LogP contribution in [-0.4, -0.2) is 55.9 Å². The number of thiophene rings is 1. The number of rotatable bonds is 9. The zero-order valence-electron chi connectivity index (χ0n) is 20.9. The SMILES string of the molecule is CCn1nc(C)cc1C(=O)NCCC(Cc1ccccc1)N(C)C(=O)c1cc2c(C)nn(C)c2s1. The second-order valence-corrected chi connectivity index (χ2v) is 9.86. The lowest BCUT2D eigenvalue weighted by atomic mass is 10.0. The molecule has 9 heteroatoms. The van der Waals surface area contributed by atoms with Gasteiger partial charge in [-0.25, -0.2) is 0 Å². The van der Waals surface area contributed by atoms with Crippen molar-refractivity contribution in [3.8, 4) is 0 Å². The Hall–Kier alpha value is -3.46. The number of benzene rings is 1. The van der Waals surface area contributed by atoms with E-state index in [1.54, 1.807) is 10.7 Å². The van der Waals surface area contributed by atoms with Crippen molar-refractivity contribution in [1.29, 1.82) is 0 Å². The number of aromatic nitrogens is 4. The number of likely N-dealkylation sites (N-methyl/N-ethyl adjacent to an activating group) is 1. The van der Waals surface area contributed by atoms with Gasteiger partial charge in [0.25, 0.3) is 11.8 Å². The summed E-state index contributed by atoms with van der Waals surface area (Å²) in [6.07, 6.45) is 1.34. The number of amides is 2. The minimum Gasteiger partial charge on any atom is -0.351 e. The van der Waals surface area contributed by atoms with Crippen LogP contribution >= 0.6 is 11.3 Å². The summed E-state index contributed by atoms with van der Waals surface area (Å²) >= 11 is 1.47. The summed E-state index contributed by atoms with van der Waals surface area (Å²) in [6.45, 7) is 6.89. The number of carbonyl (C=O) groups excluding carboxylic acids is 2. The Morgan fingerprint density at radius 2 is 1.89 bits per heavy atom. The van der Waals surface area contributed by atoms with Crippen LogP contribution in [0.2, 0.25) is 0 Å². The molecule has 0 aliphatic rings. The monoisotopic (exact) mass is 492 g/mol. The number of nitrogens with zero attached hydrogens (tertiary/aromatic N) is 5. The second-order valence-electron chi connectivity index (χ2n) is 8.83. The van der Waals surface area contributed by atoms with Crippen LogP contribution in [0.4, 0.5) is 0 Å². The molecule has 1 aromatic carbocycles. The lowest BCUT2D eigenvalue weighted by Gasteiger charge is -2.28. The summed E-state index contributed by atoms with van der Waals surface area (Å²) in [5.74, 6) is -0.162. The highest BCUT2D eigenvalue weighted by Crippen LogP contribution is 2.29. The molecule has 1 atom stereocenters. The van der Waals surface area contributed by atoms with Gasteiger partial charge in [0, 0.05) is 38.6 Å². The van der Waals surface area contributed by atoms with Crippen LogP contribution in [0.3, 0.4) is 0 Å². The van der Waals surface area contributed by atoms with Crippen LogP contribution in [0.5, 0.6) is 0 Å². The van der Waals surface area contributed by atoms with E-state index in [0.29, 0.717) is 36.5 Å². The zero-order chi connectivity index (χ0) is 25.1. The third kappa shape index (κ3) is 5.30. The fourth-order valence-corrected chi connectivity index (χ4v) is 5.49. The molecule has 0 aliphatic carbocycles. The number of fused-ring (bicyclic) bond motifs is 1. The molecule has 2 amide bonds. The number of aryl methyl sites for hydroxylation is 4. The van der Waals surface area contributed by atoms with Gasteiger partial charge in [-0.1, -0.05) is 30.3 Å². The third-order valence-electron chi connectivity index (χ3n) is 6.29. The van der Waals surface area contributed by atoms with Gasteiger partial charge < -0.3 is 10.2 Å². The quantitative estimate of drug-likeness (QED) is 0.383. The molecule has 0 fully saturated rings. The maximum absolute atomic E-state index is 13.5. The van der Waals surface area contributed by atoms with Crippen molar-refractivity contribution in [3.05, 3.63) is 70.0 Å². The van der Waals surface area contributed by atoms with Gasteiger partial charge >= 0.3 is 0 Å². The summed E-state index contributed by atoms with van der Waals surface area (Å²) in [6, 6.07) is 13.8. The first-order valence-electron chi connectivity index (χ1n) is 11.8. The number of hydrogen-bond donors (Lipinski definition) is 1. The molecule has 0 radical (unpaired) electrons. The first kappa shape index (κ1) is 24.7. The maximum Gasteiger partial charge on any atom is 0.269 e. The molecular formula is C26H32N6O2S. The molecular weight excluding hydrogens is 460 g/mol. The van der Waals surface area contributed by atoms with Gasteiger partial charge in [-0.15, -0.1) is 11.3 Å². The highest BCUT2D eigenvalue weighted by atomic mass is 32.1. The molecule has 0 saturated heterocycles. The number of hydrogen-bond acceptors (Lipinski definition) is 5. The van der Waals surface area contributed by atoms with E-state index in [2.05, 4.69) is 27.6 Å². The molecule has 8 nitrogen and oxygen atoms in total. The van der Waals surface area contributed by atoms with Gasteiger partial charge in [0.05, 0.1) is 16.3 Å². The highest BCUT2D eigenvalue weighted by Gasteiger charge is 2.25. The van der Waals surface area contributed by atoms with Crippen molar-refractivity contribution in [3.63, 3.8) is 0 Å². The molecule has 4 rings (SSSR count). The highest BCUT2D eigenvalue weighted by molar-refractivity contribution is 7.20. The van der Waals surface area contributed by atoms with E-state index in [-0.39, 0.29) is 17.9 Å². The predicted octanol–water partition coefficient (Wildman–Crippen LogP) is 3.97. The van der Waals surface area contributed by atoms with Crippen LogP contribution in [0.15, 0.2) is 42.5 Å². The average Bonchev–Trinajstić information content (AvgIpc) is 3.53. The van der Waals surface area contributed by atoms with Crippen molar-refractivity contribution in [1.82, 2.24) is 29.8 Å². The molecule has 35 heavy (non-hydrogen) atoms. The van der Waals surface area contributed by atoms with Crippen LogP contribution in [-0.2, 0) is 20.0 Å². The summed E-state index contributed by atoms with van der Waals surface area (Å²) in [7, 11) is 3.75. The topological polar surface area (TPSA) is 85.1 Å². The van der Waals surface area contributed by atoms with Gasteiger partial charge in [-0.3, -0.25) is 19.0 Å². The van der Waals surface area contributed by atoms with Crippen molar-refractivity contribution < 1.29 is 9.59 Å². The van der Waals surface area contributed by atoms with Gasteiger partial charge in [-0.05, 0) is 51.3 Å². The Bertz CT molecular complexity index is 1300. The van der Waals surface area contributed by atoms with Crippen molar-refractivity contribution in [2.45, 2.75) is 46.2 Å². The smallest absolute Gasteiger partial charge is 0.269 e. The molecule has 4 aromatic rings. The van der Waals surface area contributed by atoms with Gasteiger partial charge in [0.1, 0.15) is 10.5 Å². The maximum atomic E-state index is 13.5. The Morgan fingerprint density at radius 3 is 2.57 bits per heavy atom. The van der Waals surface area contributed by atoms with E-state index in [1.807, 2.05) is 68.7 Å². The number of nitrogens with one attached hydrogen (secondary N) is 1. The molecule has 3 heterocycles. The van der Waals surface area contributed by atoms with Gasteiger partial charge in [0.15, 0.2) is 0 Å². The molecule has 1 unspecified atom stereocenters. The van der Waals surface area contributed by atoms with Crippen molar-refractivity contribution >= 4 is 33.4 Å². The average molecular weight is 493 g/mol. The van der Waals surface area contributed by atoms with E-state index >= 15 is 0 Å². The first-order valence-corrected chi connectivity index (χ1v) is 12.7. The Labute approximate surface area is 209 Å². The molecule has 0 spiro atoms. The summed E-state index contributed by atoms with van der Waals surface area (Å²) in [4.78, 5) is 29.8. The molecule has 3 aromatic heterocycles. The Kier molecular flexibility index (Phi) is 7.35. The molecule has 0 bridgehead atoms. The van der Waals surface area contributed by atoms with Crippen molar-refractivity contribution in [2.24, 2.45) is 7.05 Å². The summed E-state index contributed by atoms with van der Waals surface area (Å²) in [5.41, 5.74) is 3.45. The zero-order valence-corrected chi connectivity index (χ0v) is 21.7. The standard InChI is InChI=1S/C26H32N6O2S/c1-6-32-22(14-17(2)28-32)24(33)27-13-12-20(15-19-10-8-7-9-11-19)30(4)25(34)23-16-21-18(3)29-31(5)26(21)35-23/h7-11,14,16,20H,6,12-13,15H2,1-5H3,(H,27,33). The van der Waals surface area contributed by atoms with Gasteiger partial charge in [-0.2, -0.15) is 10.2 Å². The van der Waals surface area contributed by atoms with Crippen LogP contribution in [0.1, 0.15) is 50.5 Å². The minimum absolute atomic E-state index is 0.0162. The van der Waals surface area contributed by atoms with Crippen LogP contribution < -0.4 is 5.32 Å². The second kappa shape index (κ2) is 10.4. The lowest BCUT2D eigenvalue weighted by Crippen LogP contribution is -2.41.